The highest BCUT2D eigenvalue weighted by atomic mass is 32.2. The van der Waals surface area contributed by atoms with Crippen LogP contribution in [0.2, 0.25) is 0 Å². The second-order valence-electron chi connectivity index (χ2n) is 2.61. The molecule has 0 spiro atoms. The van der Waals surface area contributed by atoms with Crippen LogP contribution in [-0.4, -0.2) is 24.9 Å². The van der Waals surface area contributed by atoms with Crippen molar-refractivity contribution in [3.8, 4) is 0 Å². The maximum Gasteiger partial charge on any atom is 0.151 e. The SMILES string of the molecule is CS(=O)(=O)[C@@H]1C[C@@H]1C(N)=S. The molecule has 0 radical (unpaired) electrons. The molecule has 0 aromatic carbocycles. The average molecular weight is 179 g/mol. The molecule has 0 heterocycles. The lowest BCUT2D eigenvalue weighted by Crippen LogP contribution is -2.16. The number of hydrogen-bond donors (Lipinski definition) is 1. The Morgan fingerprint density at radius 3 is 2.30 bits per heavy atom. The third-order valence-electron chi connectivity index (χ3n) is 1.65. The van der Waals surface area contributed by atoms with Gasteiger partial charge in [-0.15, -0.1) is 0 Å². The highest BCUT2D eigenvalue weighted by Gasteiger charge is 2.46. The molecule has 1 aliphatic carbocycles. The van der Waals surface area contributed by atoms with E-state index in [4.69, 9.17) is 5.73 Å². The number of rotatable bonds is 2. The third-order valence-corrected chi connectivity index (χ3v) is 3.57. The Kier molecular flexibility index (Phi) is 1.72. The van der Waals surface area contributed by atoms with Crippen molar-refractivity contribution in [2.45, 2.75) is 11.7 Å². The molecule has 0 aromatic heterocycles. The lowest BCUT2D eigenvalue weighted by molar-refractivity contribution is 0.600. The highest BCUT2D eigenvalue weighted by Crippen LogP contribution is 2.36. The van der Waals surface area contributed by atoms with Crippen molar-refractivity contribution in [3.63, 3.8) is 0 Å². The van der Waals surface area contributed by atoms with Crippen molar-refractivity contribution in [1.82, 2.24) is 0 Å². The summed E-state index contributed by atoms with van der Waals surface area (Å²) in [5.74, 6) is -0.0509. The molecule has 0 amide bonds. The van der Waals surface area contributed by atoms with Gasteiger partial charge in [-0.1, -0.05) is 12.2 Å². The van der Waals surface area contributed by atoms with Gasteiger partial charge in [0.1, 0.15) is 0 Å². The molecule has 1 fully saturated rings. The van der Waals surface area contributed by atoms with Crippen molar-refractivity contribution >= 4 is 27.0 Å². The predicted molar refractivity (Wildman–Crippen MR) is 43.5 cm³/mol. The second-order valence-corrected chi connectivity index (χ2v) is 5.35. The molecular formula is C5H9NO2S2. The Labute approximate surface area is 65.5 Å². The summed E-state index contributed by atoms with van der Waals surface area (Å²) >= 11 is 4.64. The molecule has 0 aromatic rings. The Morgan fingerprint density at radius 2 is 2.20 bits per heavy atom. The molecule has 0 aliphatic heterocycles. The standard InChI is InChI=1S/C5H9NO2S2/c1-10(7,8)4-2-3(4)5(6)9/h3-4H,2H2,1H3,(H2,6,9)/t3-,4+/m0/s1. The quantitative estimate of drug-likeness (QED) is 0.592. The maximum absolute atomic E-state index is 10.8. The Bertz CT molecular complexity index is 257. The lowest BCUT2D eigenvalue weighted by atomic mass is 10.4. The summed E-state index contributed by atoms with van der Waals surface area (Å²) in [6, 6.07) is 0. The summed E-state index contributed by atoms with van der Waals surface area (Å²) in [5.41, 5.74) is 5.25. The van der Waals surface area contributed by atoms with Gasteiger partial charge in [-0.05, 0) is 6.42 Å². The first-order chi connectivity index (χ1) is 4.43. The summed E-state index contributed by atoms with van der Waals surface area (Å²) < 4.78 is 21.6. The van der Waals surface area contributed by atoms with Crippen LogP contribution < -0.4 is 5.73 Å². The van der Waals surface area contributed by atoms with Crippen LogP contribution in [0, 0.1) is 5.92 Å². The zero-order valence-corrected chi connectivity index (χ0v) is 7.21. The molecule has 5 heteroatoms. The van der Waals surface area contributed by atoms with Crippen LogP contribution in [-0.2, 0) is 9.84 Å². The number of sulfone groups is 1. The molecule has 1 rings (SSSR count). The van der Waals surface area contributed by atoms with Crippen molar-refractivity contribution in [2.24, 2.45) is 11.7 Å². The zero-order chi connectivity index (χ0) is 7.94. The lowest BCUT2D eigenvalue weighted by Gasteiger charge is -1.92. The molecular weight excluding hydrogens is 170 g/mol. The molecule has 3 nitrogen and oxygen atoms in total. The first-order valence-corrected chi connectivity index (χ1v) is 5.27. The van der Waals surface area contributed by atoms with Gasteiger partial charge >= 0.3 is 0 Å². The van der Waals surface area contributed by atoms with E-state index in [9.17, 15) is 8.42 Å². The molecule has 10 heavy (non-hydrogen) atoms. The molecule has 0 saturated heterocycles. The van der Waals surface area contributed by atoms with Crippen molar-refractivity contribution in [3.05, 3.63) is 0 Å². The zero-order valence-electron chi connectivity index (χ0n) is 5.57. The smallest absolute Gasteiger partial charge is 0.151 e. The normalized spacial score (nSPS) is 31.7. The van der Waals surface area contributed by atoms with Gasteiger partial charge in [-0.2, -0.15) is 0 Å². The predicted octanol–water partition coefficient (Wildman–Crippen LogP) is -0.294. The van der Waals surface area contributed by atoms with Crippen molar-refractivity contribution < 1.29 is 8.42 Å². The minimum Gasteiger partial charge on any atom is -0.393 e. The van der Waals surface area contributed by atoms with Crippen molar-refractivity contribution in [2.75, 3.05) is 6.26 Å². The maximum atomic E-state index is 10.8. The third kappa shape index (κ3) is 1.46. The van der Waals surface area contributed by atoms with E-state index in [1.807, 2.05) is 0 Å². The topological polar surface area (TPSA) is 60.2 Å². The fourth-order valence-electron chi connectivity index (χ4n) is 0.944. The van der Waals surface area contributed by atoms with Gasteiger partial charge in [-0.3, -0.25) is 0 Å². The van der Waals surface area contributed by atoms with E-state index in [-0.39, 0.29) is 11.2 Å². The molecule has 2 atom stereocenters. The van der Waals surface area contributed by atoms with Gasteiger partial charge in [0.05, 0.1) is 10.2 Å². The van der Waals surface area contributed by atoms with Crippen LogP contribution in [0.1, 0.15) is 6.42 Å². The first kappa shape index (κ1) is 7.94. The van der Waals surface area contributed by atoms with E-state index in [0.717, 1.165) is 0 Å². The van der Waals surface area contributed by atoms with Crippen LogP contribution in [0.25, 0.3) is 0 Å². The minimum atomic E-state index is -2.89. The number of hydrogen-bond acceptors (Lipinski definition) is 3. The molecule has 1 saturated carbocycles. The number of thiocarbonyl (C=S) groups is 1. The van der Waals surface area contributed by atoms with Crippen LogP contribution in [0.5, 0.6) is 0 Å². The second kappa shape index (κ2) is 2.17. The molecule has 0 bridgehead atoms. The molecule has 1 aliphatic rings. The highest BCUT2D eigenvalue weighted by molar-refractivity contribution is 7.91. The molecule has 2 N–H and O–H groups in total. The van der Waals surface area contributed by atoms with E-state index < -0.39 is 9.84 Å². The van der Waals surface area contributed by atoms with Gasteiger partial charge < -0.3 is 5.73 Å². The first-order valence-electron chi connectivity index (χ1n) is 2.91. The largest absolute Gasteiger partial charge is 0.393 e. The van der Waals surface area contributed by atoms with Crippen LogP contribution in [0.15, 0.2) is 0 Å². The van der Waals surface area contributed by atoms with Crippen LogP contribution in [0.3, 0.4) is 0 Å². The van der Waals surface area contributed by atoms with Gasteiger partial charge in [0.15, 0.2) is 9.84 Å². The summed E-state index contributed by atoms with van der Waals surface area (Å²) in [7, 11) is -2.89. The molecule has 58 valence electrons. The Balaban J connectivity index is 2.64. The average Bonchev–Trinajstić information content (AvgIpc) is 2.35. The van der Waals surface area contributed by atoms with Crippen LogP contribution >= 0.6 is 12.2 Å². The summed E-state index contributed by atoms with van der Waals surface area (Å²) in [4.78, 5) is 0.329. The monoisotopic (exact) mass is 179 g/mol. The van der Waals surface area contributed by atoms with E-state index in [1.54, 1.807) is 0 Å². The minimum absolute atomic E-state index is 0.0509. The Morgan fingerprint density at radius 1 is 1.70 bits per heavy atom. The summed E-state index contributed by atoms with van der Waals surface area (Å²) in [6.07, 6.45) is 1.84. The summed E-state index contributed by atoms with van der Waals surface area (Å²) in [6.45, 7) is 0. The fraction of sp³-hybridized carbons (Fsp3) is 0.800. The van der Waals surface area contributed by atoms with Crippen LogP contribution in [0.4, 0.5) is 0 Å². The van der Waals surface area contributed by atoms with Crippen molar-refractivity contribution in [1.29, 1.82) is 0 Å². The fourth-order valence-corrected chi connectivity index (χ4v) is 2.59. The van der Waals surface area contributed by atoms with E-state index in [1.165, 1.54) is 6.26 Å². The summed E-state index contributed by atoms with van der Waals surface area (Å²) in [5, 5.41) is -0.287. The van der Waals surface area contributed by atoms with Gasteiger partial charge in [0.25, 0.3) is 0 Å². The molecule has 0 unspecified atom stereocenters. The van der Waals surface area contributed by atoms with E-state index in [0.29, 0.717) is 11.4 Å². The van der Waals surface area contributed by atoms with Gasteiger partial charge in [0.2, 0.25) is 0 Å². The van der Waals surface area contributed by atoms with E-state index >= 15 is 0 Å². The van der Waals surface area contributed by atoms with Gasteiger partial charge in [0, 0.05) is 12.2 Å². The van der Waals surface area contributed by atoms with E-state index in [2.05, 4.69) is 12.2 Å². The van der Waals surface area contributed by atoms with Gasteiger partial charge in [-0.25, -0.2) is 8.42 Å². The Hall–Kier alpha value is -0.160. The number of nitrogens with two attached hydrogens (primary N) is 1.